The van der Waals surface area contributed by atoms with Crippen molar-refractivity contribution in [1.82, 2.24) is 35.7 Å². The lowest BCUT2D eigenvalue weighted by atomic mass is 10.3. The van der Waals surface area contributed by atoms with Gasteiger partial charge in [0.15, 0.2) is 0 Å². The first-order chi connectivity index (χ1) is 17.1. The maximum absolute atomic E-state index is 13.0. The van der Waals surface area contributed by atoms with Crippen molar-refractivity contribution in [1.29, 1.82) is 0 Å². The van der Waals surface area contributed by atoms with E-state index < -0.39 is 31.2 Å². The van der Waals surface area contributed by atoms with E-state index in [1.165, 1.54) is 0 Å². The molecule has 0 aliphatic carbocycles. The first kappa shape index (κ1) is 29.0. The van der Waals surface area contributed by atoms with E-state index in [0.29, 0.717) is 0 Å². The molecule has 2 aliphatic rings. The predicted octanol–water partition coefficient (Wildman–Crippen LogP) is -3.32. The van der Waals surface area contributed by atoms with Gasteiger partial charge < -0.3 is 16.4 Å². The summed E-state index contributed by atoms with van der Waals surface area (Å²) < 4.78 is 13.0. The number of hydrogen-bond acceptors (Lipinski definition) is 8. The van der Waals surface area contributed by atoms with Gasteiger partial charge in [0.05, 0.1) is 0 Å². The standard InChI is InChI=1S/C20H31N8O7P/c21-7-8-24-36(35,25-11-9-22-15(29)5-13-27-17(31)1-2-18(27)32)26-12-10-23-16(30)6-14-28-19(33)3-4-20(28)34/h1-4H,5-14,21H2,(H,22,29)(H,23,30)(H3,24,25,26,35). The molecule has 0 atom stereocenters. The number of carbonyl (C=O) groups is 6. The number of hydrogen-bond donors (Lipinski definition) is 6. The quantitative estimate of drug-likeness (QED) is 0.0627. The summed E-state index contributed by atoms with van der Waals surface area (Å²) in [5.41, 5.74) is 5.47. The average molecular weight is 526 g/mol. The minimum absolute atomic E-state index is 0.0325. The molecule has 0 unspecified atom stereocenters. The van der Waals surface area contributed by atoms with Crippen LogP contribution in [0.3, 0.4) is 0 Å². The van der Waals surface area contributed by atoms with E-state index >= 15 is 0 Å². The van der Waals surface area contributed by atoms with Gasteiger partial charge in [0.1, 0.15) is 0 Å². The zero-order valence-electron chi connectivity index (χ0n) is 19.7. The molecular formula is C20H31N8O7P. The summed E-state index contributed by atoms with van der Waals surface area (Å²) in [5.74, 6) is -2.60. The second-order valence-electron chi connectivity index (χ2n) is 7.65. The summed E-state index contributed by atoms with van der Waals surface area (Å²) in [6.07, 6.45) is 4.46. The molecule has 2 aliphatic heterocycles. The third kappa shape index (κ3) is 9.43. The fraction of sp³-hybridized carbons (Fsp3) is 0.500. The van der Waals surface area contributed by atoms with Gasteiger partial charge in [-0.1, -0.05) is 0 Å². The van der Waals surface area contributed by atoms with Crippen molar-refractivity contribution in [2.75, 3.05) is 52.4 Å². The van der Waals surface area contributed by atoms with Gasteiger partial charge >= 0.3 is 0 Å². The molecule has 0 radical (unpaired) electrons. The Morgan fingerprint density at radius 3 is 1.39 bits per heavy atom. The number of nitrogens with zero attached hydrogens (tertiary/aromatic N) is 2. The Morgan fingerprint density at radius 2 is 1.03 bits per heavy atom. The van der Waals surface area contributed by atoms with Crippen LogP contribution in [0.25, 0.3) is 0 Å². The summed E-state index contributed by atoms with van der Waals surface area (Å²) in [7, 11) is -3.30. The fourth-order valence-corrected chi connectivity index (χ4v) is 4.76. The van der Waals surface area contributed by atoms with Gasteiger partial charge in [0, 0.05) is 89.5 Å². The third-order valence-electron chi connectivity index (χ3n) is 4.97. The number of amides is 6. The molecule has 6 amide bonds. The van der Waals surface area contributed by atoms with Crippen LogP contribution in [-0.2, 0) is 33.3 Å². The van der Waals surface area contributed by atoms with Crippen molar-refractivity contribution in [2.45, 2.75) is 12.8 Å². The molecule has 0 saturated carbocycles. The molecule has 198 valence electrons. The first-order valence-corrected chi connectivity index (χ1v) is 13.0. The minimum atomic E-state index is -3.30. The number of nitrogens with one attached hydrogen (secondary N) is 5. The molecule has 0 aromatic rings. The molecule has 0 saturated heterocycles. The molecule has 0 spiro atoms. The van der Waals surface area contributed by atoms with Crippen molar-refractivity contribution in [2.24, 2.45) is 5.73 Å². The number of imide groups is 2. The first-order valence-electron chi connectivity index (χ1n) is 11.3. The molecular weight excluding hydrogens is 495 g/mol. The lowest BCUT2D eigenvalue weighted by molar-refractivity contribution is -0.139. The Labute approximate surface area is 207 Å². The van der Waals surface area contributed by atoms with Crippen LogP contribution >= 0.6 is 7.59 Å². The van der Waals surface area contributed by atoms with E-state index in [4.69, 9.17) is 5.73 Å². The van der Waals surface area contributed by atoms with E-state index in [1.807, 2.05) is 0 Å². The Morgan fingerprint density at radius 1 is 0.667 bits per heavy atom. The van der Waals surface area contributed by atoms with Crippen LogP contribution in [0.4, 0.5) is 0 Å². The van der Waals surface area contributed by atoms with E-state index in [-0.39, 0.29) is 77.0 Å². The van der Waals surface area contributed by atoms with Gasteiger partial charge in [-0.05, 0) is 0 Å². The Hall–Kier alpha value is -3.23. The second kappa shape index (κ2) is 14.4. The molecule has 0 fully saturated rings. The highest BCUT2D eigenvalue weighted by atomic mass is 31.2. The van der Waals surface area contributed by atoms with Crippen LogP contribution in [0.2, 0.25) is 0 Å². The van der Waals surface area contributed by atoms with Crippen LogP contribution in [0.1, 0.15) is 12.8 Å². The summed E-state index contributed by atoms with van der Waals surface area (Å²) in [6.45, 7) is 0.942. The van der Waals surface area contributed by atoms with E-state index in [9.17, 15) is 33.3 Å². The smallest absolute Gasteiger partial charge is 0.279 e. The highest BCUT2D eigenvalue weighted by Crippen LogP contribution is 2.28. The molecule has 0 aromatic heterocycles. The van der Waals surface area contributed by atoms with Crippen LogP contribution < -0.4 is 31.6 Å². The second-order valence-corrected chi connectivity index (χ2v) is 9.81. The topological polar surface area (TPSA) is 212 Å². The largest absolute Gasteiger partial charge is 0.355 e. The molecule has 36 heavy (non-hydrogen) atoms. The molecule has 15 nitrogen and oxygen atoms in total. The molecule has 0 aromatic carbocycles. The van der Waals surface area contributed by atoms with Gasteiger partial charge in [0.25, 0.3) is 31.2 Å². The van der Waals surface area contributed by atoms with Crippen molar-refractivity contribution in [3.63, 3.8) is 0 Å². The van der Waals surface area contributed by atoms with Gasteiger partial charge in [0.2, 0.25) is 11.8 Å². The lowest BCUT2D eigenvalue weighted by Gasteiger charge is -2.22. The fourth-order valence-electron chi connectivity index (χ4n) is 3.13. The predicted molar refractivity (Wildman–Crippen MR) is 128 cm³/mol. The van der Waals surface area contributed by atoms with Crippen molar-refractivity contribution in [3.8, 4) is 0 Å². The summed E-state index contributed by atoms with van der Waals surface area (Å²) >= 11 is 0. The number of nitrogens with two attached hydrogens (primary N) is 1. The lowest BCUT2D eigenvalue weighted by Crippen LogP contribution is -2.41. The molecule has 0 bridgehead atoms. The van der Waals surface area contributed by atoms with E-state index in [0.717, 1.165) is 34.1 Å². The summed E-state index contributed by atoms with van der Waals surface area (Å²) in [5, 5.41) is 13.6. The summed E-state index contributed by atoms with van der Waals surface area (Å²) in [6, 6.07) is 0. The van der Waals surface area contributed by atoms with Crippen molar-refractivity contribution in [3.05, 3.63) is 24.3 Å². The van der Waals surface area contributed by atoms with Crippen LogP contribution in [-0.4, -0.2) is 97.6 Å². The summed E-state index contributed by atoms with van der Waals surface area (Å²) in [4.78, 5) is 71.8. The number of rotatable bonds is 17. The molecule has 2 heterocycles. The van der Waals surface area contributed by atoms with Crippen LogP contribution in [0.5, 0.6) is 0 Å². The Kier molecular flexibility index (Phi) is 11.6. The van der Waals surface area contributed by atoms with Gasteiger partial charge in [-0.2, -0.15) is 0 Å². The number of carbonyl (C=O) groups excluding carboxylic acids is 6. The van der Waals surface area contributed by atoms with Crippen molar-refractivity contribution < 1.29 is 33.3 Å². The Bertz CT molecular complexity index is 877. The van der Waals surface area contributed by atoms with Gasteiger partial charge in [-0.15, -0.1) is 0 Å². The molecule has 7 N–H and O–H groups in total. The van der Waals surface area contributed by atoms with Crippen LogP contribution in [0, 0.1) is 0 Å². The molecule has 16 heteroatoms. The third-order valence-corrected chi connectivity index (χ3v) is 6.97. The minimum Gasteiger partial charge on any atom is -0.355 e. The van der Waals surface area contributed by atoms with Gasteiger partial charge in [-0.25, -0.2) is 15.3 Å². The van der Waals surface area contributed by atoms with Gasteiger partial charge in [-0.3, -0.25) is 43.1 Å². The van der Waals surface area contributed by atoms with E-state index in [2.05, 4.69) is 25.9 Å². The van der Waals surface area contributed by atoms with Crippen LogP contribution in [0.15, 0.2) is 24.3 Å². The molecule has 2 rings (SSSR count). The maximum Gasteiger partial charge on any atom is 0.279 e. The highest BCUT2D eigenvalue weighted by molar-refractivity contribution is 7.57. The zero-order valence-corrected chi connectivity index (χ0v) is 20.6. The maximum atomic E-state index is 13.0. The monoisotopic (exact) mass is 526 g/mol. The Balaban J connectivity index is 1.63. The van der Waals surface area contributed by atoms with E-state index in [1.54, 1.807) is 0 Å². The zero-order chi connectivity index (χ0) is 26.6. The SMILES string of the molecule is NCCNP(=O)(NCCNC(=O)CCN1C(=O)C=CC1=O)NCCNC(=O)CCN1C(=O)C=CC1=O. The normalized spacial score (nSPS) is 15.4. The van der Waals surface area contributed by atoms with Crippen molar-refractivity contribution >= 4 is 43.0 Å². The highest BCUT2D eigenvalue weighted by Gasteiger charge is 2.25. The average Bonchev–Trinajstić information content (AvgIpc) is 3.34.